The van der Waals surface area contributed by atoms with E-state index in [2.05, 4.69) is 4.98 Å². The number of likely N-dealkylation sites (tertiary alicyclic amines) is 1. The Morgan fingerprint density at radius 2 is 2.17 bits per heavy atom. The fourth-order valence-corrected chi connectivity index (χ4v) is 4.44. The third-order valence-electron chi connectivity index (χ3n) is 4.93. The maximum atomic E-state index is 13.9. The molecule has 5 heteroatoms. The number of hydrogen-bond donors (Lipinski definition) is 0. The van der Waals surface area contributed by atoms with Crippen molar-refractivity contribution in [1.82, 2.24) is 9.88 Å². The van der Waals surface area contributed by atoms with Crippen LogP contribution in [0.25, 0.3) is 0 Å². The van der Waals surface area contributed by atoms with Crippen LogP contribution in [-0.2, 0) is 4.79 Å². The Morgan fingerprint density at radius 3 is 2.96 bits per heavy atom. The molecule has 2 aromatic rings. The zero-order chi connectivity index (χ0) is 15.8. The smallest absolute Gasteiger partial charge is 0.226 e. The van der Waals surface area contributed by atoms with E-state index in [1.165, 1.54) is 6.07 Å². The molecule has 1 aromatic heterocycles. The minimum Gasteiger partial charge on any atom is -0.333 e. The van der Waals surface area contributed by atoms with Crippen molar-refractivity contribution in [2.24, 2.45) is 5.92 Å². The second-order valence-corrected chi connectivity index (χ2v) is 7.31. The normalized spacial score (nSPS) is 27.0. The fraction of sp³-hybridized carbons (Fsp3) is 0.444. The molecule has 1 aliphatic carbocycles. The minimum absolute atomic E-state index is 0.0440. The highest BCUT2D eigenvalue weighted by atomic mass is 32.1. The molecule has 0 N–H and O–H groups in total. The standard InChI is InChI=1S/C18H19FN2OS/c19-15-6-2-1-5-12(15)13-11-14(13)18(22)21-9-4-3-7-16(21)17-20-8-10-23-17/h1-2,5-6,8,10,13-14,16H,3-4,7,9,11H2. The summed E-state index contributed by atoms with van der Waals surface area (Å²) in [5.74, 6) is -0.0314. The van der Waals surface area contributed by atoms with Crippen LogP contribution < -0.4 is 0 Å². The summed E-state index contributed by atoms with van der Waals surface area (Å²) in [6, 6.07) is 6.94. The van der Waals surface area contributed by atoms with Gasteiger partial charge < -0.3 is 4.90 Å². The third-order valence-corrected chi connectivity index (χ3v) is 5.81. The van der Waals surface area contributed by atoms with Gasteiger partial charge in [-0.05, 0) is 43.2 Å². The quantitative estimate of drug-likeness (QED) is 0.847. The third kappa shape index (κ3) is 2.78. The molecular formula is C18H19FN2OS. The monoisotopic (exact) mass is 330 g/mol. The van der Waals surface area contributed by atoms with E-state index in [-0.39, 0.29) is 29.6 Å². The number of piperidine rings is 1. The lowest BCUT2D eigenvalue weighted by molar-refractivity contribution is -0.136. The van der Waals surface area contributed by atoms with Gasteiger partial charge in [-0.3, -0.25) is 4.79 Å². The largest absolute Gasteiger partial charge is 0.333 e. The van der Waals surface area contributed by atoms with Gasteiger partial charge in [0.05, 0.1) is 6.04 Å². The van der Waals surface area contributed by atoms with Crippen molar-refractivity contribution in [2.75, 3.05) is 6.54 Å². The van der Waals surface area contributed by atoms with Crippen molar-refractivity contribution in [2.45, 2.75) is 37.6 Å². The van der Waals surface area contributed by atoms with E-state index in [1.807, 2.05) is 22.4 Å². The molecule has 3 unspecified atom stereocenters. The summed E-state index contributed by atoms with van der Waals surface area (Å²) >= 11 is 1.62. The highest BCUT2D eigenvalue weighted by molar-refractivity contribution is 7.09. The lowest BCUT2D eigenvalue weighted by Gasteiger charge is -2.34. The number of benzene rings is 1. The van der Waals surface area contributed by atoms with Gasteiger partial charge in [0.25, 0.3) is 0 Å². The molecule has 0 bridgehead atoms. The Hall–Kier alpha value is -1.75. The van der Waals surface area contributed by atoms with Crippen LogP contribution in [0.15, 0.2) is 35.8 Å². The summed E-state index contributed by atoms with van der Waals surface area (Å²) < 4.78 is 13.9. The Bertz CT molecular complexity index is 703. The van der Waals surface area contributed by atoms with Crippen LogP contribution in [0.3, 0.4) is 0 Å². The summed E-state index contributed by atoms with van der Waals surface area (Å²) in [4.78, 5) is 19.3. The zero-order valence-electron chi connectivity index (χ0n) is 12.8. The molecule has 2 aliphatic rings. The number of thiazole rings is 1. The van der Waals surface area contributed by atoms with E-state index < -0.39 is 0 Å². The second kappa shape index (κ2) is 6.04. The van der Waals surface area contributed by atoms with E-state index in [0.29, 0.717) is 5.56 Å². The van der Waals surface area contributed by atoms with Gasteiger partial charge in [-0.25, -0.2) is 9.37 Å². The van der Waals surface area contributed by atoms with Gasteiger partial charge in [0, 0.05) is 24.0 Å². The zero-order valence-corrected chi connectivity index (χ0v) is 13.6. The Kier molecular flexibility index (Phi) is 3.89. The Morgan fingerprint density at radius 1 is 1.30 bits per heavy atom. The van der Waals surface area contributed by atoms with Crippen molar-refractivity contribution in [1.29, 1.82) is 0 Å². The molecule has 0 spiro atoms. The van der Waals surface area contributed by atoms with Gasteiger partial charge in [0.1, 0.15) is 10.8 Å². The molecular weight excluding hydrogens is 311 g/mol. The Balaban J connectivity index is 1.51. The van der Waals surface area contributed by atoms with Gasteiger partial charge in [-0.2, -0.15) is 0 Å². The first kappa shape index (κ1) is 14.8. The maximum Gasteiger partial charge on any atom is 0.226 e. The summed E-state index contributed by atoms with van der Waals surface area (Å²) in [7, 11) is 0. The average Bonchev–Trinajstić information content (AvgIpc) is 3.18. The lowest BCUT2D eigenvalue weighted by Crippen LogP contribution is -2.39. The fourth-order valence-electron chi connectivity index (χ4n) is 3.65. The van der Waals surface area contributed by atoms with Crippen LogP contribution in [0.5, 0.6) is 0 Å². The number of nitrogens with zero attached hydrogens (tertiary/aromatic N) is 2. The summed E-state index contributed by atoms with van der Waals surface area (Å²) in [5, 5.41) is 2.99. The number of carbonyl (C=O) groups is 1. The average molecular weight is 330 g/mol. The highest BCUT2D eigenvalue weighted by Crippen LogP contribution is 2.50. The van der Waals surface area contributed by atoms with Crippen LogP contribution in [0, 0.1) is 11.7 Å². The van der Waals surface area contributed by atoms with Gasteiger partial charge in [-0.1, -0.05) is 18.2 Å². The number of rotatable bonds is 3. The number of aromatic nitrogens is 1. The summed E-state index contributed by atoms with van der Waals surface area (Å²) in [5.41, 5.74) is 0.689. The second-order valence-electron chi connectivity index (χ2n) is 6.38. The molecule has 1 saturated heterocycles. The van der Waals surface area contributed by atoms with Crippen LogP contribution >= 0.6 is 11.3 Å². The molecule has 3 atom stereocenters. The van der Waals surface area contributed by atoms with Gasteiger partial charge >= 0.3 is 0 Å². The van der Waals surface area contributed by atoms with Crippen molar-refractivity contribution in [3.05, 3.63) is 52.2 Å². The summed E-state index contributed by atoms with van der Waals surface area (Å²) in [6.45, 7) is 0.795. The molecule has 1 aliphatic heterocycles. The number of halogens is 1. The molecule has 1 aromatic carbocycles. The molecule has 120 valence electrons. The van der Waals surface area contributed by atoms with Gasteiger partial charge in [0.2, 0.25) is 5.91 Å². The van der Waals surface area contributed by atoms with Crippen molar-refractivity contribution >= 4 is 17.2 Å². The number of carbonyl (C=O) groups excluding carboxylic acids is 1. The first-order chi connectivity index (χ1) is 11.3. The number of amides is 1. The molecule has 1 amide bonds. The molecule has 23 heavy (non-hydrogen) atoms. The van der Waals surface area contributed by atoms with E-state index in [9.17, 15) is 9.18 Å². The molecule has 1 saturated carbocycles. The highest BCUT2D eigenvalue weighted by Gasteiger charge is 2.48. The van der Waals surface area contributed by atoms with E-state index in [1.54, 1.807) is 23.6 Å². The van der Waals surface area contributed by atoms with Gasteiger partial charge in [-0.15, -0.1) is 11.3 Å². The molecule has 2 fully saturated rings. The molecule has 2 heterocycles. The lowest BCUT2D eigenvalue weighted by atomic mass is 10.0. The summed E-state index contributed by atoms with van der Waals surface area (Å²) in [6.07, 6.45) is 5.73. The van der Waals surface area contributed by atoms with E-state index >= 15 is 0 Å². The van der Waals surface area contributed by atoms with E-state index in [4.69, 9.17) is 0 Å². The molecule has 0 radical (unpaired) electrons. The van der Waals surface area contributed by atoms with Crippen molar-refractivity contribution in [3.63, 3.8) is 0 Å². The first-order valence-corrected chi connectivity index (χ1v) is 9.08. The van der Waals surface area contributed by atoms with Crippen LogP contribution in [0.2, 0.25) is 0 Å². The molecule has 4 rings (SSSR count). The minimum atomic E-state index is -0.192. The predicted octanol–water partition coefficient (Wildman–Crippen LogP) is 4.14. The predicted molar refractivity (Wildman–Crippen MR) is 87.7 cm³/mol. The van der Waals surface area contributed by atoms with Crippen LogP contribution in [0.4, 0.5) is 4.39 Å². The van der Waals surface area contributed by atoms with Crippen molar-refractivity contribution in [3.8, 4) is 0 Å². The Labute approximate surface area is 139 Å². The SMILES string of the molecule is O=C(C1CC1c1ccccc1F)N1CCCCC1c1nccs1. The van der Waals surface area contributed by atoms with Crippen LogP contribution in [0.1, 0.15) is 48.2 Å². The molecule has 3 nitrogen and oxygen atoms in total. The van der Waals surface area contributed by atoms with Crippen molar-refractivity contribution < 1.29 is 9.18 Å². The number of hydrogen-bond acceptors (Lipinski definition) is 3. The maximum absolute atomic E-state index is 13.9. The van der Waals surface area contributed by atoms with Gasteiger partial charge in [0.15, 0.2) is 0 Å². The first-order valence-electron chi connectivity index (χ1n) is 8.20. The van der Waals surface area contributed by atoms with E-state index in [0.717, 1.165) is 37.2 Å². The topological polar surface area (TPSA) is 33.2 Å². The van der Waals surface area contributed by atoms with Crippen LogP contribution in [-0.4, -0.2) is 22.3 Å².